The van der Waals surface area contributed by atoms with Crippen molar-refractivity contribution in [2.24, 2.45) is 0 Å². The summed E-state index contributed by atoms with van der Waals surface area (Å²) in [5, 5.41) is 13.5. The molecule has 26 heavy (non-hydrogen) atoms. The van der Waals surface area contributed by atoms with Gasteiger partial charge in [-0.05, 0) is 31.5 Å². The summed E-state index contributed by atoms with van der Waals surface area (Å²) in [5.41, 5.74) is 2.25. The molecule has 1 amide bonds. The molecule has 0 unspecified atom stereocenters. The number of nitrogens with zero attached hydrogens (tertiary/aromatic N) is 2. The summed E-state index contributed by atoms with van der Waals surface area (Å²) >= 11 is 6.12. The molecule has 0 bridgehead atoms. The van der Waals surface area contributed by atoms with Gasteiger partial charge in [-0.3, -0.25) is 9.78 Å². The topological polar surface area (TPSA) is 82.5 Å². The Bertz CT molecular complexity index is 877. The van der Waals surface area contributed by atoms with E-state index in [1.165, 1.54) is 0 Å². The van der Waals surface area contributed by atoms with E-state index in [0.29, 0.717) is 59.3 Å². The van der Waals surface area contributed by atoms with Crippen molar-refractivity contribution in [3.63, 3.8) is 0 Å². The lowest BCUT2D eigenvalue weighted by molar-refractivity contribution is 0.0696. The number of rotatable bonds is 3. The maximum absolute atomic E-state index is 13.2. The number of halogens is 1. The quantitative estimate of drug-likeness (QED) is 0.864. The fraction of sp³-hybridized carbons (Fsp3) is 0.316. The van der Waals surface area contributed by atoms with Gasteiger partial charge in [0.2, 0.25) is 0 Å². The largest absolute Gasteiger partial charge is 0.478 e. The number of carbonyl (C=O) groups excluding carboxylic acids is 1. The maximum atomic E-state index is 13.2. The molecule has 0 aliphatic carbocycles. The van der Waals surface area contributed by atoms with E-state index < -0.39 is 5.97 Å². The molecule has 7 heteroatoms. The van der Waals surface area contributed by atoms with E-state index in [1.807, 2.05) is 0 Å². The molecule has 1 saturated heterocycles. The minimum atomic E-state index is -1.11. The van der Waals surface area contributed by atoms with Crippen molar-refractivity contribution in [2.45, 2.75) is 13.8 Å². The number of carbonyl (C=O) groups is 2. The summed E-state index contributed by atoms with van der Waals surface area (Å²) in [6.45, 7) is 5.95. The monoisotopic (exact) mass is 373 g/mol. The minimum absolute atomic E-state index is 0.0383. The molecule has 1 fully saturated rings. The van der Waals surface area contributed by atoms with Gasteiger partial charge in [0.25, 0.3) is 5.91 Å². The van der Waals surface area contributed by atoms with E-state index in [2.05, 4.69) is 10.3 Å². The standard InChI is InChI=1S/C19H20ClN3O3/c1-11-15(18(24)23-8-6-21-7-9-23)17(13-4-3-5-14(20)10-13)16(19(25)26)12(2)22-11/h3-5,10,21H,6-9H2,1-2H3,(H,25,26). The zero-order valence-corrected chi connectivity index (χ0v) is 15.4. The number of aryl methyl sites for hydroxylation is 2. The Balaban J connectivity index is 2.27. The number of hydrogen-bond acceptors (Lipinski definition) is 4. The minimum Gasteiger partial charge on any atom is -0.478 e. The molecule has 0 radical (unpaired) electrons. The first kappa shape index (κ1) is 18.4. The van der Waals surface area contributed by atoms with Gasteiger partial charge in [0.05, 0.1) is 22.5 Å². The summed E-state index contributed by atoms with van der Waals surface area (Å²) < 4.78 is 0. The van der Waals surface area contributed by atoms with Crippen LogP contribution in [-0.4, -0.2) is 53.0 Å². The number of benzene rings is 1. The summed E-state index contributed by atoms with van der Waals surface area (Å²) in [4.78, 5) is 31.2. The van der Waals surface area contributed by atoms with Crippen molar-refractivity contribution < 1.29 is 14.7 Å². The van der Waals surface area contributed by atoms with Crippen molar-refractivity contribution in [2.75, 3.05) is 26.2 Å². The van der Waals surface area contributed by atoms with Crippen molar-refractivity contribution in [3.05, 3.63) is 51.8 Å². The zero-order valence-electron chi connectivity index (χ0n) is 14.7. The van der Waals surface area contributed by atoms with Gasteiger partial charge in [-0.2, -0.15) is 0 Å². The number of amides is 1. The van der Waals surface area contributed by atoms with Crippen molar-refractivity contribution in [3.8, 4) is 11.1 Å². The van der Waals surface area contributed by atoms with Gasteiger partial charge < -0.3 is 15.3 Å². The Labute approximate surface area is 156 Å². The molecule has 0 spiro atoms. The molecule has 3 rings (SSSR count). The number of carboxylic acids is 1. The first-order valence-electron chi connectivity index (χ1n) is 8.40. The summed E-state index contributed by atoms with van der Waals surface area (Å²) in [6.07, 6.45) is 0. The molecule has 1 aromatic heterocycles. The summed E-state index contributed by atoms with van der Waals surface area (Å²) in [6, 6.07) is 6.90. The third-order valence-corrected chi connectivity index (χ3v) is 4.74. The maximum Gasteiger partial charge on any atom is 0.338 e. The molecule has 2 heterocycles. The molecule has 6 nitrogen and oxygen atoms in total. The number of aromatic carboxylic acids is 1. The zero-order chi connectivity index (χ0) is 18.8. The van der Waals surface area contributed by atoms with Crippen molar-refractivity contribution >= 4 is 23.5 Å². The Morgan fingerprint density at radius 2 is 1.81 bits per heavy atom. The third-order valence-electron chi connectivity index (χ3n) is 4.50. The number of carboxylic acid groups (broad SMARTS) is 1. The molecule has 0 atom stereocenters. The number of pyridine rings is 1. The predicted molar refractivity (Wildman–Crippen MR) is 99.9 cm³/mol. The molecule has 2 aromatic rings. The van der Waals surface area contributed by atoms with Crippen LogP contribution in [0.5, 0.6) is 0 Å². The second-order valence-electron chi connectivity index (χ2n) is 6.27. The highest BCUT2D eigenvalue weighted by molar-refractivity contribution is 6.31. The average Bonchev–Trinajstić information content (AvgIpc) is 2.61. The van der Waals surface area contributed by atoms with E-state index in [9.17, 15) is 14.7 Å². The smallest absolute Gasteiger partial charge is 0.338 e. The van der Waals surface area contributed by atoms with Crippen molar-refractivity contribution in [1.29, 1.82) is 0 Å². The first-order chi connectivity index (χ1) is 12.4. The lowest BCUT2D eigenvalue weighted by atomic mass is 9.91. The van der Waals surface area contributed by atoms with Crippen LogP contribution in [0.1, 0.15) is 32.1 Å². The van der Waals surface area contributed by atoms with Gasteiger partial charge in [0.1, 0.15) is 0 Å². The molecule has 1 aliphatic heterocycles. The summed E-state index contributed by atoms with van der Waals surface area (Å²) in [7, 11) is 0. The van der Waals surface area contributed by atoms with Gasteiger partial charge in [-0.25, -0.2) is 4.79 Å². The normalized spacial score (nSPS) is 14.3. The molecule has 2 N–H and O–H groups in total. The Kier molecular flexibility index (Phi) is 5.25. The van der Waals surface area contributed by atoms with Crippen molar-refractivity contribution in [1.82, 2.24) is 15.2 Å². The van der Waals surface area contributed by atoms with E-state index >= 15 is 0 Å². The highest BCUT2D eigenvalue weighted by Crippen LogP contribution is 2.33. The van der Waals surface area contributed by atoms with E-state index in [-0.39, 0.29) is 11.5 Å². The SMILES string of the molecule is Cc1nc(C)c(C(=O)N2CCNCC2)c(-c2cccc(Cl)c2)c1C(=O)O. The number of hydrogen-bond donors (Lipinski definition) is 2. The fourth-order valence-corrected chi connectivity index (χ4v) is 3.52. The highest BCUT2D eigenvalue weighted by Gasteiger charge is 2.29. The van der Waals surface area contributed by atoms with Crippen LogP contribution < -0.4 is 5.32 Å². The van der Waals surface area contributed by atoms with Gasteiger partial charge in [0, 0.05) is 36.8 Å². The van der Waals surface area contributed by atoms with Gasteiger partial charge in [-0.1, -0.05) is 23.7 Å². The van der Waals surface area contributed by atoms with Gasteiger partial charge in [-0.15, -0.1) is 0 Å². The Morgan fingerprint density at radius 3 is 2.42 bits per heavy atom. The highest BCUT2D eigenvalue weighted by atomic mass is 35.5. The van der Waals surface area contributed by atoms with E-state index in [4.69, 9.17) is 11.6 Å². The third kappa shape index (κ3) is 3.43. The molecular weight excluding hydrogens is 354 g/mol. The number of aromatic nitrogens is 1. The molecular formula is C19H20ClN3O3. The van der Waals surface area contributed by atoms with Crippen LogP contribution in [-0.2, 0) is 0 Å². The average molecular weight is 374 g/mol. The lowest BCUT2D eigenvalue weighted by Gasteiger charge is -2.29. The first-order valence-corrected chi connectivity index (χ1v) is 8.78. The van der Waals surface area contributed by atoms with Gasteiger partial charge in [0.15, 0.2) is 0 Å². The number of piperazine rings is 1. The second-order valence-corrected chi connectivity index (χ2v) is 6.70. The Morgan fingerprint density at radius 1 is 1.15 bits per heavy atom. The number of nitrogens with one attached hydrogen (secondary N) is 1. The van der Waals surface area contributed by atoms with Crippen LogP contribution in [0.4, 0.5) is 0 Å². The van der Waals surface area contributed by atoms with Crippen LogP contribution in [0.3, 0.4) is 0 Å². The molecule has 1 aromatic carbocycles. The Hall–Kier alpha value is -2.44. The van der Waals surface area contributed by atoms with Crippen LogP contribution in [0.25, 0.3) is 11.1 Å². The fourth-order valence-electron chi connectivity index (χ4n) is 3.33. The van der Waals surface area contributed by atoms with E-state index in [0.717, 1.165) is 0 Å². The van der Waals surface area contributed by atoms with Crippen LogP contribution in [0.15, 0.2) is 24.3 Å². The van der Waals surface area contributed by atoms with Crippen LogP contribution in [0, 0.1) is 13.8 Å². The van der Waals surface area contributed by atoms with Crippen LogP contribution in [0.2, 0.25) is 5.02 Å². The lowest BCUT2D eigenvalue weighted by Crippen LogP contribution is -2.46. The van der Waals surface area contributed by atoms with Gasteiger partial charge >= 0.3 is 5.97 Å². The summed E-state index contributed by atoms with van der Waals surface area (Å²) in [5.74, 6) is -1.31. The van der Waals surface area contributed by atoms with Crippen LogP contribution >= 0.6 is 11.6 Å². The molecule has 136 valence electrons. The predicted octanol–water partition coefficient (Wildman–Crippen LogP) is 2.76. The molecule has 0 saturated carbocycles. The van der Waals surface area contributed by atoms with E-state index in [1.54, 1.807) is 43.0 Å². The molecule has 1 aliphatic rings. The second kappa shape index (κ2) is 7.43.